The van der Waals surface area contributed by atoms with Gasteiger partial charge in [0.05, 0.1) is 16.3 Å². The third-order valence-corrected chi connectivity index (χ3v) is 7.48. The summed E-state index contributed by atoms with van der Waals surface area (Å²) < 4.78 is 1.84. The summed E-state index contributed by atoms with van der Waals surface area (Å²) in [5.41, 5.74) is 2.99. The predicted molar refractivity (Wildman–Crippen MR) is 146 cm³/mol. The maximum absolute atomic E-state index is 13.8. The summed E-state index contributed by atoms with van der Waals surface area (Å²) in [6.45, 7) is 2.02. The number of rotatable bonds is 6. The SMILES string of the molecule is CCC(Sc1cccc(NC(=O)c2cccc(Cl)c2)c1)C(=O)n1c2ccccc2c2ccccc21. The van der Waals surface area contributed by atoms with Gasteiger partial charge < -0.3 is 5.32 Å². The third kappa shape index (κ3) is 4.70. The van der Waals surface area contributed by atoms with Crippen LogP contribution in [0, 0.1) is 0 Å². The molecule has 174 valence electrons. The van der Waals surface area contributed by atoms with Crippen LogP contribution in [0.1, 0.15) is 28.5 Å². The van der Waals surface area contributed by atoms with E-state index in [1.54, 1.807) is 24.3 Å². The minimum absolute atomic E-state index is 0.0447. The summed E-state index contributed by atoms with van der Waals surface area (Å²) in [6, 6.07) is 30.4. The number of hydrogen-bond acceptors (Lipinski definition) is 3. The molecule has 0 spiro atoms. The summed E-state index contributed by atoms with van der Waals surface area (Å²) in [5.74, 6) is -0.189. The van der Waals surface area contributed by atoms with Gasteiger partial charge in [-0.3, -0.25) is 14.2 Å². The Morgan fingerprint density at radius 3 is 2.17 bits per heavy atom. The number of hydrogen-bond donors (Lipinski definition) is 1. The van der Waals surface area contributed by atoms with Crippen LogP contribution >= 0.6 is 23.4 Å². The molecular weight excluding hydrogens is 476 g/mol. The van der Waals surface area contributed by atoms with Gasteiger partial charge in [-0.05, 0) is 55.0 Å². The van der Waals surface area contributed by atoms with Crippen molar-refractivity contribution in [3.63, 3.8) is 0 Å². The van der Waals surface area contributed by atoms with Crippen molar-refractivity contribution in [2.24, 2.45) is 0 Å². The van der Waals surface area contributed by atoms with Gasteiger partial charge in [-0.25, -0.2) is 0 Å². The number of aromatic nitrogens is 1. The number of para-hydroxylation sites is 2. The molecule has 0 saturated heterocycles. The summed E-state index contributed by atoms with van der Waals surface area (Å²) >= 11 is 7.53. The highest BCUT2D eigenvalue weighted by molar-refractivity contribution is 8.00. The minimum atomic E-state index is -0.284. The van der Waals surface area contributed by atoms with E-state index in [0.29, 0.717) is 22.7 Å². The summed E-state index contributed by atoms with van der Waals surface area (Å²) in [5, 5.41) is 5.29. The second-order valence-electron chi connectivity index (χ2n) is 8.21. The van der Waals surface area contributed by atoms with Gasteiger partial charge in [-0.2, -0.15) is 0 Å². The Labute approximate surface area is 212 Å². The fourth-order valence-corrected chi connectivity index (χ4v) is 5.50. The second kappa shape index (κ2) is 9.98. The van der Waals surface area contributed by atoms with Crippen molar-refractivity contribution in [3.05, 3.63) is 108 Å². The largest absolute Gasteiger partial charge is 0.322 e. The second-order valence-corrected chi connectivity index (χ2v) is 9.93. The van der Waals surface area contributed by atoms with Gasteiger partial charge in [-0.15, -0.1) is 11.8 Å². The molecule has 0 aliphatic heterocycles. The Kier molecular flexibility index (Phi) is 6.62. The van der Waals surface area contributed by atoms with Crippen molar-refractivity contribution in [1.29, 1.82) is 0 Å². The van der Waals surface area contributed by atoms with Gasteiger partial charge in [0.2, 0.25) is 5.91 Å². The average molecular weight is 499 g/mol. The molecule has 5 aromatic rings. The molecule has 5 rings (SSSR count). The van der Waals surface area contributed by atoms with Crippen LogP contribution in [0.4, 0.5) is 5.69 Å². The first-order valence-electron chi connectivity index (χ1n) is 11.4. The summed E-state index contributed by atoms with van der Waals surface area (Å²) in [6.07, 6.45) is 0.670. The molecule has 0 bridgehead atoms. The van der Waals surface area contributed by atoms with Crippen LogP contribution in [0.2, 0.25) is 5.02 Å². The van der Waals surface area contributed by atoms with E-state index >= 15 is 0 Å². The van der Waals surface area contributed by atoms with E-state index in [-0.39, 0.29) is 17.1 Å². The molecular formula is C29H23ClN2O2S. The number of fused-ring (bicyclic) bond motifs is 3. The molecule has 0 aliphatic carbocycles. The minimum Gasteiger partial charge on any atom is -0.322 e. The van der Waals surface area contributed by atoms with Crippen LogP contribution in [0.3, 0.4) is 0 Å². The van der Waals surface area contributed by atoms with E-state index in [1.807, 2.05) is 72.2 Å². The predicted octanol–water partition coefficient (Wildman–Crippen LogP) is 7.91. The lowest BCUT2D eigenvalue weighted by atomic mass is 10.2. The molecule has 0 radical (unpaired) electrons. The lowest BCUT2D eigenvalue weighted by Gasteiger charge is -2.16. The number of carbonyl (C=O) groups is 2. The molecule has 35 heavy (non-hydrogen) atoms. The molecule has 1 amide bonds. The Morgan fingerprint density at radius 1 is 0.857 bits per heavy atom. The fourth-order valence-electron chi connectivity index (χ4n) is 4.26. The number of nitrogens with zero attached hydrogens (tertiary/aromatic N) is 1. The quantitative estimate of drug-likeness (QED) is 0.242. The van der Waals surface area contributed by atoms with Gasteiger partial charge in [0.15, 0.2) is 0 Å². The van der Waals surface area contributed by atoms with Gasteiger partial charge in [-0.1, -0.05) is 67.1 Å². The average Bonchev–Trinajstić information content (AvgIpc) is 3.21. The standard InChI is InChI=1S/C29H23ClN2O2S/c1-2-27(29(34)32-25-15-5-3-13-23(25)24-14-4-6-16-26(24)32)35-22-12-8-11-21(18-22)31-28(33)19-9-7-10-20(30)17-19/h3-18,27H,2H2,1H3,(H,31,33). The number of nitrogens with one attached hydrogen (secondary N) is 1. The number of carbonyl (C=O) groups excluding carboxylic acids is 2. The van der Waals surface area contributed by atoms with Crippen LogP contribution in [0.15, 0.2) is 102 Å². The van der Waals surface area contributed by atoms with E-state index < -0.39 is 0 Å². The molecule has 1 aromatic heterocycles. The zero-order chi connectivity index (χ0) is 24.4. The van der Waals surface area contributed by atoms with Crippen molar-refractivity contribution >= 4 is 62.7 Å². The zero-order valence-corrected chi connectivity index (χ0v) is 20.6. The first-order valence-corrected chi connectivity index (χ1v) is 12.7. The van der Waals surface area contributed by atoms with Crippen LogP contribution in [0.5, 0.6) is 0 Å². The van der Waals surface area contributed by atoms with E-state index in [0.717, 1.165) is 26.7 Å². The van der Waals surface area contributed by atoms with E-state index in [2.05, 4.69) is 17.4 Å². The number of benzene rings is 4. The van der Waals surface area contributed by atoms with E-state index in [9.17, 15) is 9.59 Å². The van der Waals surface area contributed by atoms with E-state index in [1.165, 1.54) is 11.8 Å². The molecule has 6 heteroatoms. The Hall–Kier alpha value is -3.54. The van der Waals surface area contributed by atoms with Crippen molar-refractivity contribution in [3.8, 4) is 0 Å². The normalized spacial score (nSPS) is 12.1. The molecule has 1 heterocycles. The van der Waals surface area contributed by atoms with Gasteiger partial charge >= 0.3 is 0 Å². The highest BCUT2D eigenvalue weighted by Crippen LogP contribution is 2.33. The summed E-state index contributed by atoms with van der Waals surface area (Å²) in [4.78, 5) is 27.4. The summed E-state index contributed by atoms with van der Waals surface area (Å²) in [7, 11) is 0. The highest BCUT2D eigenvalue weighted by Gasteiger charge is 2.24. The molecule has 1 unspecified atom stereocenters. The first kappa shape index (κ1) is 23.2. The molecule has 0 fully saturated rings. The van der Waals surface area contributed by atoms with Crippen LogP contribution in [0.25, 0.3) is 21.8 Å². The third-order valence-electron chi connectivity index (χ3n) is 5.90. The van der Waals surface area contributed by atoms with Crippen molar-refractivity contribution in [2.45, 2.75) is 23.5 Å². The molecule has 4 aromatic carbocycles. The topological polar surface area (TPSA) is 51.1 Å². The molecule has 0 aliphatic rings. The van der Waals surface area contributed by atoms with Gasteiger partial charge in [0.1, 0.15) is 0 Å². The van der Waals surface area contributed by atoms with Crippen molar-refractivity contribution < 1.29 is 9.59 Å². The first-order chi connectivity index (χ1) is 17.0. The Morgan fingerprint density at radius 2 is 1.51 bits per heavy atom. The van der Waals surface area contributed by atoms with Crippen LogP contribution in [-0.2, 0) is 0 Å². The van der Waals surface area contributed by atoms with Crippen LogP contribution in [-0.4, -0.2) is 21.6 Å². The number of anilines is 1. The molecule has 1 N–H and O–H groups in total. The fraction of sp³-hybridized carbons (Fsp3) is 0.103. The lowest BCUT2D eigenvalue weighted by Crippen LogP contribution is -2.23. The number of thioether (sulfide) groups is 1. The van der Waals surface area contributed by atoms with Crippen molar-refractivity contribution in [2.75, 3.05) is 5.32 Å². The molecule has 0 saturated carbocycles. The van der Waals surface area contributed by atoms with Crippen molar-refractivity contribution in [1.82, 2.24) is 4.57 Å². The monoisotopic (exact) mass is 498 g/mol. The Balaban J connectivity index is 1.41. The maximum Gasteiger partial charge on any atom is 0.255 e. The van der Waals surface area contributed by atoms with Gasteiger partial charge in [0.25, 0.3) is 5.91 Å². The number of halogens is 1. The number of amides is 1. The Bertz CT molecular complexity index is 1510. The maximum atomic E-state index is 13.8. The smallest absolute Gasteiger partial charge is 0.255 e. The highest BCUT2D eigenvalue weighted by atomic mass is 35.5. The zero-order valence-electron chi connectivity index (χ0n) is 19.1. The van der Waals surface area contributed by atoms with Crippen LogP contribution < -0.4 is 5.32 Å². The molecule has 4 nitrogen and oxygen atoms in total. The van der Waals surface area contributed by atoms with Gasteiger partial charge in [0, 0.05) is 31.9 Å². The molecule has 1 atom stereocenters. The lowest BCUT2D eigenvalue weighted by molar-refractivity contribution is 0.0918. The van der Waals surface area contributed by atoms with E-state index in [4.69, 9.17) is 11.6 Å².